The van der Waals surface area contributed by atoms with Crippen LogP contribution in [0.5, 0.6) is 5.75 Å². The molecular formula is C21H22F2N6O. The Bertz CT molecular complexity index is 1040. The van der Waals surface area contributed by atoms with Gasteiger partial charge in [0.2, 0.25) is 0 Å². The number of anilines is 1. The van der Waals surface area contributed by atoms with E-state index in [2.05, 4.69) is 20.5 Å². The molecule has 0 aliphatic carbocycles. The maximum atomic E-state index is 14.0. The smallest absolute Gasteiger partial charge is 0.264 e. The number of halogens is 2. The predicted molar refractivity (Wildman–Crippen MR) is 108 cm³/mol. The van der Waals surface area contributed by atoms with Crippen molar-refractivity contribution < 1.29 is 13.9 Å². The van der Waals surface area contributed by atoms with Crippen LogP contribution in [0.2, 0.25) is 0 Å². The first kappa shape index (κ1) is 18.9. The lowest BCUT2D eigenvalue weighted by molar-refractivity contribution is -0.0128. The largest absolute Gasteiger partial charge is 0.507 e. The summed E-state index contributed by atoms with van der Waals surface area (Å²) in [7, 11) is 1.87. The van der Waals surface area contributed by atoms with Gasteiger partial charge in [-0.1, -0.05) is 0 Å². The topological polar surface area (TPSA) is 79.1 Å². The second kappa shape index (κ2) is 7.02. The van der Waals surface area contributed by atoms with Crippen LogP contribution < -0.4 is 10.2 Å². The van der Waals surface area contributed by atoms with Gasteiger partial charge >= 0.3 is 0 Å². The van der Waals surface area contributed by atoms with E-state index in [-0.39, 0.29) is 24.3 Å². The van der Waals surface area contributed by atoms with Crippen molar-refractivity contribution in [2.24, 2.45) is 0 Å². The number of phenols is 1. The molecule has 0 spiro atoms. The molecule has 0 radical (unpaired) electrons. The number of hydrogen-bond acceptors (Lipinski definition) is 6. The number of fused-ring (bicyclic) bond motifs is 2. The van der Waals surface area contributed by atoms with Crippen LogP contribution in [0.15, 0.2) is 49.1 Å². The van der Waals surface area contributed by atoms with E-state index < -0.39 is 12.0 Å². The van der Waals surface area contributed by atoms with Gasteiger partial charge in [-0.2, -0.15) is 0 Å². The van der Waals surface area contributed by atoms with Crippen LogP contribution in [-0.2, 0) is 0 Å². The minimum Gasteiger partial charge on any atom is -0.507 e. The second-order valence-electron chi connectivity index (χ2n) is 8.07. The van der Waals surface area contributed by atoms with Crippen LogP contribution in [0.1, 0.15) is 19.3 Å². The first-order chi connectivity index (χ1) is 14.4. The maximum Gasteiger partial charge on any atom is 0.264 e. The lowest BCUT2D eigenvalue weighted by atomic mass is 9.98. The molecule has 3 atom stereocenters. The molecule has 2 N–H and O–H groups in total. The Kier molecular flexibility index (Phi) is 4.43. The van der Waals surface area contributed by atoms with Gasteiger partial charge in [0.15, 0.2) is 5.82 Å². The molecule has 2 saturated heterocycles. The van der Waals surface area contributed by atoms with E-state index in [0.29, 0.717) is 29.9 Å². The van der Waals surface area contributed by atoms with Gasteiger partial charge < -0.3 is 19.9 Å². The fraction of sp³-hybridized carbons (Fsp3) is 0.381. The zero-order chi connectivity index (χ0) is 20.9. The van der Waals surface area contributed by atoms with Gasteiger partial charge in [-0.15, -0.1) is 10.2 Å². The molecule has 9 heteroatoms. The zero-order valence-corrected chi connectivity index (χ0v) is 16.4. The Labute approximate surface area is 172 Å². The number of nitrogens with one attached hydrogen (secondary N) is 1. The van der Waals surface area contributed by atoms with Crippen molar-refractivity contribution in [3.05, 3.63) is 49.1 Å². The average Bonchev–Trinajstić information content (AvgIpc) is 3.34. The highest BCUT2D eigenvalue weighted by Gasteiger charge is 2.53. The summed E-state index contributed by atoms with van der Waals surface area (Å²) in [6.45, 7) is 0. The van der Waals surface area contributed by atoms with Crippen molar-refractivity contribution in [1.82, 2.24) is 25.1 Å². The zero-order valence-electron chi connectivity index (χ0n) is 16.4. The van der Waals surface area contributed by atoms with Crippen molar-refractivity contribution in [2.45, 2.75) is 43.3 Å². The quantitative estimate of drug-likeness (QED) is 0.686. The van der Waals surface area contributed by atoms with Gasteiger partial charge in [0.05, 0.1) is 23.8 Å². The van der Waals surface area contributed by atoms with Crippen LogP contribution in [0.4, 0.5) is 14.6 Å². The SMILES string of the molecule is CN(c1ccc(-c2ccc(-n3ccnc3)cc2O)nn1)[C@H]1CC2CC(F)(F)C(C1)N2. The van der Waals surface area contributed by atoms with E-state index in [1.54, 1.807) is 41.5 Å². The summed E-state index contributed by atoms with van der Waals surface area (Å²) < 4.78 is 29.8. The Morgan fingerprint density at radius 3 is 2.73 bits per heavy atom. The fourth-order valence-electron chi connectivity index (χ4n) is 4.49. The Morgan fingerprint density at radius 2 is 2.07 bits per heavy atom. The number of hydrogen-bond donors (Lipinski definition) is 2. The molecule has 7 nitrogen and oxygen atoms in total. The number of aromatic nitrogens is 4. The summed E-state index contributed by atoms with van der Waals surface area (Å²) >= 11 is 0. The average molecular weight is 412 g/mol. The fourth-order valence-corrected chi connectivity index (χ4v) is 4.49. The van der Waals surface area contributed by atoms with Crippen molar-refractivity contribution in [3.8, 4) is 22.7 Å². The summed E-state index contributed by atoms with van der Waals surface area (Å²) in [5, 5.41) is 22.0. The Morgan fingerprint density at radius 1 is 1.20 bits per heavy atom. The first-order valence-corrected chi connectivity index (χ1v) is 9.93. The van der Waals surface area contributed by atoms with E-state index in [1.165, 1.54) is 0 Å². The maximum absolute atomic E-state index is 14.0. The van der Waals surface area contributed by atoms with E-state index in [1.807, 2.05) is 24.1 Å². The molecule has 4 heterocycles. The van der Waals surface area contributed by atoms with Crippen LogP contribution >= 0.6 is 0 Å². The number of alkyl halides is 2. The molecule has 2 fully saturated rings. The molecule has 2 aromatic heterocycles. The van der Waals surface area contributed by atoms with Crippen LogP contribution in [0.25, 0.3) is 16.9 Å². The van der Waals surface area contributed by atoms with Gasteiger partial charge in [0.1, 0.15) is 5.75 Å². The van der Waals surface area contributed by atoms with Crippen molar-refractivity contribution in [2.75, 3.05) is 11.9 Å². The molecule has 2 aliphatic rings. The lowest BCUT2D eigenvalue weighted by Gasteiger charge is -2.36. The molecule has 1 aromatic carbocycles. The standard InChI is InChI=1S/C21H22F2N6O/c1-28(15-8-13-11-21(22,23)19(10-15)25-13)20-5-4-17(26-27-20)16-3-2-14(9-18(16)30)29-7-6-24-12-29/h2-7,9,12-13,15,19,25,30H,8,10-11H2,1H3/t13?,15-,19?/m0/s1. The van der Waals surface area contributed by atoms with Crippen molar-refractivity contribution in [1.29, 1.82) is 0 Å². The van der Waals surface area contributed by atoms with Gasteiger partial charge in [0.25, 0.3) is 5.92 Å². The summed E-state index contributed by atoms with van der Waals surface area (Å²) in [5.41, 5.74) is 1.90. The van der Waals surface area contributed by atoms with Gasteiger partial charge in [-0.3, -0.25) is 0 Å². The number of nitrogens with zero attached hydrogens (tertiary/aromatic N) is 5. The molecule has 0 saturated carbocycles. The van der Waals surface area contributed by atoms with Gasteiger partial charge in [-0.25, -0.2) is 13.8 Å². The first-order valence-electron chi connectivity index (χ1n) is 9.93. The van der Waals surface area contributed by atoms with Crippen LogP contribution in [0, 0.1) is 0 Å². The van der Waals surface area contributed by atoms with Crippen molar-refractivity contribution >= 4 is 5.82 Å². The molecule has 156 valence electrons. The molecule has 2 bridgehead atoms. The predicted octanol–water partition coefficient (Wildman–Crippen LogP) is 3.00. The highest BCUT2D eigenvalue weighted by molar-refractivity contribution is 5.69. The molecule has 5 rings (SSSR count). The van der Waals surface area contributed by atoms with Crippen LogP contribution in [-0.4, -0.2) is 56.0 Å². The number of aromatic hydroxyl groups is 1. The van der Waals surface area contributed by atoms with E-state index in [0.717, 1.165) is 5.69 Å². The van der Waals surface area contributed by atoms with E-state index in [9.17, 15) is 13.9 Å². The summed E-state index contributed by atoms with van der Waals surface area (Å²) in [6.07, 6.45) is 6.05. The Hall–Kier alpha value is -3.07. The molecule has 30 heavy (non-hydrogen) atoms. The highest BCUT2D eigenvalue weighted by atomic mass is 19.3. The molecular weight excluding hydrogens is 390 g/mol. The lowest BCUT2D eigenvalue weighted by Crippen LogP contribution is -2.49. The minimum atomic E-state index is -2.64. The third-order valence-corrected chi connectivity index (χ3v) is 6.15. The summed E-state index contributed by atoms with van der Waals surface area (Å²) in [6, 6.07) is 7.93. The molecule has 0 amide bonds. The summed E-state index contributed by atoms with van der Waals surface area (Å²) in [5.74, 6) is -1.92. The molecule has 3 aromatic rings. The van der Waals surface area contributed by atoms with Crippen LogP contribution in [0.3, 0.4) is 0 Å². The minimum absolute atomic E-state index is 0.0161. The number of imidazole rings is 1. The van der Waals surface area contributed by atoms with E-state index in [4.69, 9.17) is 0 Å². The third kappa shape index (κ3) is 3.28. The van der Waals surface area contributed by atoms with E-state index >= 15 is 0 Å². The Balaban J connectivity index is 1.33. The number of piperidine rings is 1. The normalized spacial score (nSPS) is 24.7. The summed E-state index contributed by atoms with van der Waals surface area (Å²) in [4.78, 5) is 5.94. The monoisotopic (exact) mass is 412 g/mol. The van der Waals surface area contributed by atoms with Gasteiger partial charge in [-0.05, 0) is 37.1 Å². The molecule has 2 aliphatic heterocycles. The number of phenolic OH excluding ortho intramolecular Hbond substituents is 1. The third-order valence-electron chi connectivity index (χ3n) is 6.15. The molecule has 2 unspecified atom stereocenters. The van der Waals surface area contributed by atoms with Gasteiger partial charge in [0, 0.05) is 49.6 Å². The second-order valence-corrected chi connectivity index (χ2v) is 8.07. The highest BCUT2D eigenvalue weighted by Crippen LogP contribution is 2.40. The van der Waals surface area contributed by atoms with Crippen molar-refractivity contribution in [3.63, 3.8) is 0 Å². The number of rotatable bonds is 4. The number of benzene rings is 1.